The molecule has 0 unspecified atom stereocenters. The van der Waals surface area contributed by atoms with E-state index in [1.807, 2.05) is 18.4 Å². The lowest BCUT2D eigenvalue weighted by Gasteiger charge is -2.10. The van der Waals surface area contributed by atoms with Gasteiger partial charge in [-0.3, -0.25) is 0 Å². The number of rotatable bonds is 2. The topological polar surface area (TPSA) is 20.2 Å². The fraction of sp³-hybridized carbons (Fsp3) is 0.143. The van der Waals surface area contributed by atoms with Crippen LogP contribution in [0.3, 0.4) is 0 Å². The van der Waals surface area contributed by atoms with Gasteiger partial charge in [-0.1, -0.05) is 12.1 Å². The molecule has 1 nitrogen and oxygen atoms in total. The molecular formula is C14H11F3OS. The Bertz CT molecular complexity index is 576. The Morgan fingerprint density at radius 3 is 2.11 bits per heavy atom. The molecule has 100 valence electrons. The lowest BCUT2D eigenvalue weighted by molar-refractivity contribution is -0.137. The molecule has 19 heavy (non-hydrogen) atoms. The number of hydrogen-bond donors (Lipinski definition) is 1. The van der Waals surface area contributed by atoms with Gasteiger partial charge in [-0.15, -0.1) is 11.8 Å². The highest BCUT2D eigenvalue weighted by molar-refractivity contribution is 7.98. The largest absolute Gasteiger partial charge is 0.508 e. The molecule has 0 radical (unpaired) electrons. The normalized spacial score (nSPS) is 11.6. The van der Waals surface area contributed by atoms with Crippen molar-refractivity contribution in [2.24, 2.45) is 0 Å². The van der Waals surface area contributed by atoms with Gasteiger partial charge in [0.15, 0.2) is 0 Å². The van der Waals surface area contributed by atoms with Crippen LogP contribution in [0.4, 0.5) is 13.2 Å². The predicted octanol–water partition coefficient (Wildman–Crippen LogP) is 4.80. The average Bonchev–Trinajstić information content (AvgIpc) is 2.37. The molecule has 0 aliphatic heterocycles. The summed E-state index contributed by atoms with van der Waals surface area (Å²) in [6.07, 6.45) is -2.54. The maximum absolute atomic E-state index is 12.7. The fourth-order valence-electron chi connectivity index (χ4n) is 1.72. The Morgan fingerprint density at radius 1 is 0.947 bits per heavy atom. The average molecular weight is 284 g/mol. The smallest absolute Gasteiger partial charge is 0.416 e. The number of thioether (sulfide) groups is 1. The Kier molecular flexibility index (Phi) is 3.75. The lowest BCUT2D eigenvalue weighted by atomic mass is 10.0. The summed E-state index contributed by atoms with van der Waals surface area (Å²) in [6.45, 7) is 0. The van der Waals surface area contributed by atoms with Crippen LogP contribution in [0.5, 0.6) is 5.75 Å². The van der Waals surface area contributed by atoms with Crippen LogP contribution in [0.1, 0.15) is 5.56 Å². The molecular weight excluding hydrogens is 273 g/mol. The highest BCUT2D eigenvalue weighted by Gasteiger charge is 2.31. The van der Waals surface area contributed by atoms with Gasteiger partial charge in [0.2, 0.25) is 0 Å². The molecule has 0 fully saturated rings. The van der Waals surface area contributed by atoms with Crippen LogP contribution >= 0.6 is 11.8 Å². The van der Waals surface area contributed by atoms with Crippen molar-refractivity contribution in [3.05, 3.63) is 48.0 Å². The molecule has 0 bridgehead atoms. The first-order valence-electron chi connectivity index (χ1n) is 5.46. The number of phenols is 1. The van der Waals surface area contributed by atoms with Gasteiger partial charge in [0.25, 0.3) is 0 Å². The molecule has 0 aliphatic rings. The molecule has 0 aliphatic carbocycles. The van der Waals surface area contributed by atoms with Crippen molar-refractivity contribution < 1.29 is 18.3 Å². The highest BCUT2D eigenvalue weighted by atomic mass is 32.2. The summed E-state index contributed by atoms with van der Waals surface area (Å²) in [4.78, 5) is 1.03. The zero-order valence-corrected chi connectivity index (χ0v) is 10.8. The van der Waals surface area contributed by atoms with Gasteiger partial charge >= 0.3 is 6.18 Å². The molecule has 0 heterocycles. The second-order valence-corrected chi connectivity index (χ2v) is 4.87. The minimum atomic E-state index is -4.47. The van der Waals surface area contributed by atoms with Crippen LogP contribution in [0.15, 0.2) is 47.4 Å². The van der Waals surface area contributed by atoms with Crippen molar-refractivity contribution in [1.82, 2.24) is 0 Å². The lowest BCUT2D eigenvalue weighted by Crippen LogP contribution is -2.04. The summed E-state index contributed by atoms with van der Waals surface area (Å²) in [6, 6.07) is 10.2. The van der Waals surface area contributed by atoms with E-state index in [1.165, 1.54) is 6.07 Å². The van der Waals surface area contributed by atoms with Gasteiger partial charge in [-0.2, -0.15) is 13.2 Å². The van der Waals surface area contributed by atoms with E-state index < -0.39 is 17.5 Å². The SMILES string of the molecule is CSc1ccc(-c2cc(O)cc(C(F)(F)F)c2)cc1. The summed E-state index contributed by atoms with van der Waals surface area (Å²) in [7, 11) is 0. The molecule has 0 atom stereocenters. The number of phenolic OH excluding ortho intramolecular Hbond substituents is 1. The van der Waals surface area contributed by atoms with Crippen molar-refractivity contribution in [3.63, 3.8) is 0 Å². The van der Waals surface area contributed by atoms with Gasteiger partial charge in [0.1, 0.15) is 5.75 Å². The summed E-state index contributed by atoms with van der Waals surface area (Å²) in [5, 5.41) is 9.42. The van der Waals surface area contributed by atoms with E-state index in [4.69, 9.17) is 0 Å². The van der Waals surface area contributed by atoms with Gasteiger partial charge in [-0.05, 0) is 47.7 Å². The number of hydrogen-bond acceptors (Lipinski definition) is 2. The first-order valence-corrected chi connectivity index (χ1v) is 6.68. The molecule has 0 aromatic heterocycles. The van der Waals surface area contributed by atoms with Crippen molar-refractivity contribution in [1.29, 1.82) is 0 Å². The zero-order valence-electron chi connectivity index (χ0n) is 10.0. The summed E-state index contributed by atoms with van der Waals surface area (Å²) in [5.41, 5.74) is 0.135. The Morgan fingerprint density at radius 2 is 1.58 bits per heavy atom. The van der Waals surface area contributed by atoms with Crippen LogP contribution in [0.25, 0.3) is 11.1 Å². The highest BCUT2D eigenvalue weighted by Crippen LogP contribution is 2.35. The van der Waals surface area contributed by atoms with E-state index in [0.29, 0.717) is 11.1 Å². The second-order valence-electron chi connectivity index (χ2n) is 3.99. The van der Waals surface area contributed by atoms with Crippen molar-refractivity contribution in [2.45, 2.75) is 11.1 Å². The Labute approximate surface area is 113 Å². The van der Waals surface area contributed by atoms with E-state index in [2.05, 4.69) is 0 Å². The third kappa shape index (κ3) is 3.23. The quantitative estimate of drug-likeness (QED) is 0.799. The van der Waals surface area contributed by atoms with E-state index in [9.17, 15) is 18.3 Å². The van der Waals surface area contributed by atoms with Gasteiger partial charge in [0, 0.05) is 4.90 Å². The summed E-state index contributed by atoms with van der Waals surface area (Å²) < 4.78 is 38.0. The molecule has 1 N–H and O–H groups in total. The maximum Gasteiger partial charge on any atom is 0.416 e. The molecule has 0 spiro atoms. The van der Waals surface area contributed by atoms with Crippen LogP contribution in [0, 0.1) is 0 Å². The molecule has 5 heteroatoms. The molecule has 0 amide bonds. The Hall–Kier alpha value is -1.62. The van der Waals surface area contributed by atoms with Crippen molar-refractivity contribution in [2.75, 3.05) is 6.26 Å². The predicted molar refractivity (Wildman–Crippen MR) is 70.3 cm³/mol. The molecule has 0 saturated carbocycles. The van der Waals surface area contributed by atoms with Gasteiger partial charge in [-0.25, -0.2) is 0 Å². The minimum absolute atomic E-state index is 0.347. The third-order valence-corrected chi connectivity index (χ3v) is 3.41. The van der Waals surface area contributed by atoms with Crippen LogP contribution in [-0.2, 0) is 6.18 Å². The van der Waals surface area contributed by atoms with Crippen molar-refractivity contribution >= 4 is 11.8 Å². The maximum atomic E-state index is 12.7. The molecule has 0 saturated heterocycles. The second kappa shape index (κ2) is 5.17. The van der Waals surface area contributed by atoms with Gasteiger partial charge < -0.3 is 5.11 Å². The number of alkyl halides is 3. The third-order valence-electron chi connectivity index (χ3n) is 2.67. The van der Waals surface area contributed by atoms with Crippen LogP contribution in [0.2, 0.25) is 0 Å². The Balaban J connectivity index is 2.46. The first kappa shape index (κ1) is 13.8. The van der Waals surface area contributed by atoms with Gasteiger partial charge in [0.05, 0.1) is 5.56 Å². The van der Waals surface area contributed by atoms with E-state index in [0.717, 1.165) is 17.0 Å². The molecule has 2 aromatic rings. The fourth-order valence-corrected chi connectivity index (χ4v) is 2.13. The number of aromatic hydroxyl groups is 1. The van der Waals surface area contributed by atoms with E-state index in [-0.39, 0.29) is 0 Å². The summed E-state index contributed by atoms with van der Waals surface area (Å²) >= 11 is 1.55. The van der Waals surface area contributed by atoms with E-state index in [1.54, 1.807) is 23.9 Å². The van der Waals surface area contributed by atoms with Crippen molar-refractivity contribution in [3.8, 4) is 16.9 Å². The molecule has 2 rings (SSSR count). The zero-order chi connectivity index (χ0) is 14.0. The van der Waals surface area contributed by atoms with Crippen LogP contribution < -0.4 is 0 Å². The summed E-state index contributed by atoms with van der Waals surface area (Å²) in [5.74, 6) is -0.390. The first-order chi connectivity index (χ1) is 8.90. The standard InChI is InChI=1S/C14H11F3OS/c1-19-13-4-2-9(3-5-13)10-6-11(14(15,16)17)8-12(18)7-10/h2-8,18H,1H3. The van der Waals surface area contributed by atoms with E-state index >= 15 is 0 Å². The number of benzene rings is 2. The number of halogens is 3. The monoisotopic (exact) mass is 284 g/mol. The minimum Gasteiger partial charge on any atom is -0.508 e. The molecule has 2 aromatic carbocycles. The van der Waals surface area contributed by atoms with Crippen LogP contribution in [-0.4, -0.2) is 11.4 Å².